The maximum atomic E-state index is 11.9. The number of carbonyl (C=O) groups is 1. The molecule has 1 amide bonds. The Morgan fingerprint density at radius 3 is 2.48 bits per heavy atom. The Labute approximate surface area is 128 Å². The average Bonchev–Trinajstić information content (AvgIpc) is 2.47. The highest BCUT2D eigenvalue weighted by Crippen LogP contribution is 2.24. The molecule has 3 N–H and O–H groups in total. The minimum atomic E-state index is -0.515. The molecule has 0 fully saturated rings. The summed E-state index contributed by atoms with van der Waals surface area (Å²) in [4.78, 5) is 12.1. The van der Waals surface area contributed by atoms with Crippen LogP contribution in [0.15, 0.2) is 54.6 Å². The molecule has 2 aromatic rings. The molecule has 0 aliphatic heterocycles. The fraction of sp³-hybridized carbons (Fsp3) is 0.125. The van der Waals surface area contributed by atoms with E-state index < -0.39 is 5.92 Å². The van der Waals surface area contributed by atoms with Gasteiger partial charge < -0.3 is 15.8 Å². The lowest BCUT2D eigenvalue weighted by molar-refractivity contribution is -0.117. The topological polar surface area (TPSA) is 64.3 Å². The van der Waals surface area contributed by atoms with Crippen molar-refractivity contribution in [3.05, 3.63) is 54.6 Å². The van der Waals surface area contributed by atoms with E-state index in [1.54, 1.807) is 25.1 Å². The van der Waals surface area contributed by atoms with Crippen molar-refractivity contribution >= 4 is 28.8 Å². The molecule has 0 spiro atoms. The number of nitrogens with one attached hydrogen (secondary N) is 1. The summed E-state index contributed by atoms with van der Waals surface area (Å²) < 4.78 is 5.71. The molecule has 0 aliphatic carbocycles. The van der Waals surface area contributed by atoms with E-state index in [0.29, 0.717) is 11.4 Å². The molecule has 0 aromatic heterocycles. The Bertz CT molecular complexity index is 644. The number of para-hydroxylation sites is 1. The molecule has 2 rings (SSSR count). The van der Waals surface area contributed by atoms with Crippen LogP contribution in [-0.2, 0) is 4.79 Å². The first-order valence-corrected chi connectivity index (χ1v) is 6.90. The van der Waals surface area contributed by atoms with Crippen LogP contribution in [0.3, 0.4) is 0 Å². The molecule has 21 heavy (non-hydrogen) atoms. The van der Waals surface area contributed by atoms with Crippen LogP contribution in [0.2, 0.25) is 0 Å². The van der Waals surface area contributed by atoms with E-state index in [2.05, 4.69) is 5.32 Å². The average molecular weight is 300 g/mol. The van der Waals surface area contributed by atoms with E-state index in [1.165, 1.54) is 0 Å². The van der Waals surface area contributed by atoms with Crippen molar-refractivity contribution in [2.75, 3.05) is 5.32 Å². The molecule has 0 saturated carbocycles. The Morgan fingerprint density at radius 1 is 1.14 bits per heavy atom. The summed E-state index contributed by atoms with van der Waals surface area (Å²) in [7, 11) is 0. The second kappa shape index (κ2) is 6.85. The summed E-state index contributed by atoms with van der Waals surface area (Å²) in [6.45, 7) is 1.67. The Hall–Kier alpha value is -2.40. The number of hydrogen-bond donors (Lipinski definition) is 2. The van der Waals surface area contributed by atoms with Crippen molar-refractivity contribution in [2.24, 2.45) is 11.7 Å². The number of thiocarbonyl (C=S) groups is 1. The van der Waals surface area contributed by atoms with Gasteiger partial charge in [0.15, 0.2) is 0 Å². The van der Waals surface area contributed by atoms with Crippen LogP contribution in [0.25, 0.3) is 0 Å². The van der Waals surface area contributed by atoms with Gasteiger partial charge in [-0.2, -0.15) is 0 Å². The van der Waals surface area contributed by atoms with Crippen molar-refractivity contribution in [1.82, 2.24) is 0 Å². The molecule has 0 radical (unpaired) electrons. The predicted octanol–water partition coefficient (Wildman–Crippen LogP) is 3.34. The van der Waals surface area contributed by atoms with Crippen molar-refractivity contribution < 1.29 is 9.53 Å². The smallest absolute Gasteiger partial charge is 0.234 e. The molecular formula is C16H16N2O2S. The number of nitrogens with two attached hydrogens (primary N) is 1. The van der Waals surface area contributed by atoms with E-state index in [1.807, 2.05) is 36.4 Å². The lowest BCUT2D eigenvalue weighted by Gasteiger charge is -2.12. The third-order valence-corrected chi connectivity index (χ3v) is 3.25. The lowest BCUT2D eigenvalue weighted by atomic mass is 10.1. The van der Waals surface area contributed by atoms with Crippen molar-refractivity contribution in [1.29, 1.82) is 0 Å². The quantitative estimate of drug-likeness (QED) is 0.831. The number of benzene rings is 2. The molecular weight excluding hydrogens is 284 g/mol. The number of amides is 1. The third kappa shape index (κ3) is 4.29. The normalized spacial score (nSPS) is 11.5. The van der Waals surface area contributed by atoms with Gasteiger partial charge in [-0.1, -0.05) is 36.5 Å². The fourth-order valence-corrected chi connectivity index (χ4v) is 1.75. The number of hydrogen-bond acceptors (Lipinski definition) is 3. The fourth-order valence-electron chi connectivity index (χ4n) is 1.64. The maximum Gasteiger partial charge on any atom is 0.234 e. The van der Waals surface area contributed by atoms with Gasteiger partial charge in [0.1, 0.15) is 11.5 Å². The maximum absolute atomic E-state index is 11.9. The molecule has 0 aliphatic rings. The first-order valence-electron chi connectivity index (χ1n) is 6.49. The highest BCUT2D eigenvalue weighted by atomic mass is 32.1. The minimum absolute atomic E-state index is 0.171. The van der Waals surface area contributed by atoms with Crippen LogP contribution in [0.5, 0.6) is 11.5 Å². The highest BCUT2D eigenvalue weighted by Gasteiger charge is 2.15. The second-order valence-corrected chi connectivity index (χ2v) is 5.03. The molecule has 108 valence electrons. The van der Waals surface area contributed by atoms with E-state index in [9.17, 15) is 4.79 Å². The zero-order valence-corrected chi connectivity index (χ0v) is 12.4. The van der Waals surface area contributed by atoms with E-state index in [0.717, 1.165) is 5.75 Å². The van der Waals surface area contributed by atoms with Gasteiger partial charge in [-0.25, -0.2) is 0 Å². The standard InChI is InChI=1S/C16H16N2O2S/c1-11(15(17)21)16(19)18-12-6-5-9-14(10-12)20-13-7-3-2-4-8-13/h2-11H,1H3,(H2,17,21)(H,18,19). The summed E-state index contributed by atoms with van der Waals surface area (Å²) in [5, 5.41) is 2.76. The Morgan fingerprint density at radius 2 is 1.81 bits per heavy atom. The van der Waals surface area contributed by atoms with Gasteiger partial charge in [-0.3, -0.25) is 4.79 Å². The van der Waals surface area contributed by atoms with Crippen molar-refractivity contribution in [2.45, 2.75) is 6.92 Å². The Kier molecular flexibility index (Phi) is 4.90. The van der Waals surface area contributed by atoms with Crippen molar-refractivity contribution in [3.8, 4) is 11.5 Å². The molecule has 0 saturated heterocycles. The number of carbonyl (C=O) groups excluding carboxylic acids is 1. The summed E-state index contributed by atoms with van der Waals surface area (Å²) in [5.74, 6) is 0.623. The third-order valence-electron chi connectivity index (χ3n) is 2.90. The predicted molar refractivity (Wildman–Crippen MR) is 87.5 cm³/mol. The van der Waals surface area contributed by atoms with Gasteiger partial charge in [0.25, 0.3) is 0 Å². The van der Waals surface area contributed by atoms with Gasteiger partial charge in [0.2, 0.25) is 5.91 Å². The number of ether oxygens (including phenoxy) is 1. The first kappa shape index (κ1) is 15.0. The molecule has 1 unspecified atom stereocenters. The molecule has 0 heterocycles. The Balaban J connectivity index is 2.08. The number of anilines is 1. The van der Waals surface area contributed by atoms with Crippen LogP contribution in [0.4, 0.5) is 5.69 Å². The van der Waals surface area contributed by atoms with Crippen LogP contribution in [0.1, 0.15) is 6.92 Å². The lowest BCUT2D eigenvalue weighted by Crippen LogP contribution is -2.30. The monoisotopic (exact) mass is 300 g/mol. The van der Waals surface area contributed by atoms with Gasteiger partial charge in [-0.05, 0) is 31.2 Å². The summed E-state index contributed by atoms with van der Waals surface area (Å²) >= 11 is 4.82. The zero-order chi connectivity index (χ0) is 15.2. The second-order valence-electron chi connectivity index (χ2n) is 4.56. The van der Waals surface area contributed by atoms with E-state index in [4.69, 9.17) is 22.7 Å². The van der Waals surface area contributed by atoms with Crippen LogP contribution >= 0.6 is 12.2 Å². The van der Waals surface area contributed by atoms with Crippen LogP contribution in [0, 0.1) is 5.92 Å². The largest absolute Gasteiger partial charge is 0.457 e. The summed E-state index contributed by atoms with van der Waals surface area (Å²) in [6, 6.07) is 16.6. The van der Waals surface area contributed by atoms with Crippen LogP contribution in [-0.4, -0.2) is 10.9 Å². The molecule has 1 atom stereocenters. The van der Waals surface area contributed by atoms with E-state index >= 15 is 0 Å². The van der Waals surface area contributed by atoms with Gasteiger partial charge in [0, 0.05) is 11.8 Å². The van der Waals surface area contributed by atoms with Gasteiger partial charge in [-0.15, -0.1) is 0 Å². The molecule has 0 bridgehead atoms. The van der Waals surface area contributed by atoms with Crippen molar-refractivity contribution in [3.63, 3.8) is 0 Å². The minimum Gasteiger partial charge on any atom is -0.457 e. The van der Waals surface area contributed by atoms with E-state index in [-0.39, 0.29) is 10.9 Å². The molecule has 2 aromatic carbocycles. The summed E-state index contributed by atoms with van der Waals surface area (Å²) in [5.41, 5.74) is 6.10. The zero-order valence-electron chi connectivity index (χ0n) is 11.6. The van der Waals surface area contributed by atoms with Crippen LogP contribution < -0.4 is 15.8 Å². The van der Waals surface area contributed by atoms with Gasteiger partial charge in [0.05, 0.1) is 10.9 Å². The highest BCUT2D eigenvalue weighted by molar-refractivity contribution is 7.80. The SMILES string of the molecule is CC(C(=O)Nc1cccc(Oc2ccccc2)c1)C(N)=S. The number of rotatable bonds is 5. The summed E-state index contributed by atoms with van der Waals surface area (Å²) in [6.07, 6.45) is 0. The molecule has 5 heteroatoms. The molecule has 4 nitrogen and oxygen atoms in total. The first-order chi connectivity index (χ1) is 10.1. The van der Waals surface area contributed by atoms with Gasteiger partial charge >= 0.3 is 0 Å².